The first-order valence-corrected chi connectivity index (χ1v) is 12.8. The Labute approximate surface area is 232 Å². The molecule has 2 aromatic rings. The highest BCUT2D eigenvalue weighted by atomic mass is 32.1. The number of nitrogen functional groups attached to an aromatic ring is 1. The van der Waals surface area contributed by atoms with Crippen LogP contribution < -0.4 is 11.1 Å². The van der Waals surface area contributed by atoms with E-state index in [2.05, 4.69) is 15.5 Å². The van der Waals surface area contributed by atoms with Crippen LogP contribution in [-0.2, 0) is 40.2 Å². The van der Waals surface area contributed by atoms with E-state index in [1.54, 1.807) is 20.8 Å². The number of benzene rings is 1. The summed E-state index contributed by atoms with van der Waals surface area (Å²) < 4.78 is 5.23. The lowest BCUT2D eigenvalue weighted by molar-refractivity contribution is -0.384. The molecule has 1 saturated heterocycles. The van der Waals surface area contributed by atoms with Crippen molar-refractivity contribution in [3.8, 4) is 0 Å². The number of nitro groups is 1. The molecule has 0 radical (unpaired) electrons. The van der Waals surface area contributed by atoms with Crippen LogP contribution in [0.1, 0.15) is 44.9 Å². The number of non-ortho nitro benzene ring substituents is 1. The number of carbonyl (C=O) groups excluding carboxylic acids is 4. The van der Waals surface area contributed by atoms with Crippen molar-refractivity contribution in [1.82, 2.24) is 15.4 Å². The van der Waals surface area contributed by atoms with Crippen LogP contribution >= 0.6 is 11.3 Å². The van der Waals surface area contributed by atoms with Crippen molar-refractivity contribution in [2.75, 3.05) is 12.8 Å². The van der Waals surface area contributed by atoms with E-state index in [1.807, 2.05) is 0 Å². The number of aromatic nitrogens is 1. The average molecular weight is 577 g/mol. The Bertz CT molecular complexity index is 1320. The maximum Gasteiger partial charge on any atom is 0.337 e. The number of β-lactam (4-membered cyclic amide) rings is 1. The molecule has 0 aliphatic carbocycles. The van der Waals surface area contributed by atoms with Gasteiger partial charge in [-0.25, -0.2) is 9.78 Å². The van der Waals surface area contributed by atoms with Crippen LogP contribution in [-0.4, -0.2) is 63.6 Å². The van der Waals surface area contributed by atoms with Gasteiger partial charge in [-0.2, -0.15) is 5.06 Å². The van der Waals surface area contributed by atoms with Gasteiger partial charge in [0.25, 0.3) is 17.5 Å². The number of carbonyl (C=O) groups is 4. The average Bonchev–Trinajstić information content (AvgIpc) is 3.33. The second kappa shape index (κ2) is 12.5. The first-order valence-electron chi connectivity index (χ1n) is 11.9. The second-order valence-corrected chi connectivity index (χ2v) is 10.5. The molecule has 1 aliphatic rings. The van der Waals surface area contributed by atoms with Crippen LogP contribution in [0.2, 0.25) is 0 Å². The van der Waals surface area contributed by atoms with Gasteiger partial charge >= 0.3 is 11.9 Å². The summed E-state index contributed by atoms with van der Waals surface area (Å²) in [6.45, 7) is 4.69. The van der Waals surface area contributed by atoms with E-state index in [0.717, 1.165) is 16.4 Å². The Balaban J connectivity index is 1.68. The van der Waals surface area contributed by atoms with Crippen molar-refractivity contribution < 1.29 is 38.5 Å². The summed E-state index contributed by atoms with van der Waals surface area (Å²) in [6, 6.07) is 3.46. The quantitative estimate of drug-likeness (QED) is 0.129. The Morgan fingerprint density at radius 1 is 1.25 bits per heavy atom. The molecule has 3 N–H and O–H groups in total. The van der Waals surface area contributed by atoms with Gasteiger partial charge in [0.1, 0.15) is 31.5 Å². The third-order valence-corrected chi connectivity index (χ3v) is 6.28. The van der Waals surface area contributed by atoms with Crippen LogP contribution in [0.5, 0.6) is 0 Å². The molecule has 2 amide bonds. The van der Waals surface area contributed by atoms with Crippen molar-refractivity contribution in [3.05, 3.63) is 51.0 Å². The number of esters is 1. The van der Waals surface area contributed by atoms with Gasteiger partial charge in [-0.3, -0.25) is 24.5 Å². The minimum Gasteiger partial charge on any atom is -0.461 e. The lowest BCUT2D eigenvalue weighted by Crippen LogP contribution is -2.71. The summed E-state index contributed by atoms with van der Waals surface area (Å²) in [4.78, 5) is 75.0. The van der Waals surface area contributed by atoms with Crippen LogP contribution in [0.4, 0.5) is 10.8 Å². The molecule has 40 heavy (non-hydrogen) atoms. The molecule has 15 nitrogen and oxygen atoms in total. The number of nitrogens with one attached hydrogen (secondary N) is 1. The number of hydrogen-bond donors (Lipinski definition) is 2. The van der Waals surface area contributed by atoms with Gasteiger partial charge in [-0.1, -0.05) is 5.16 Å². The van der Waals surface area contributed by atoms with Crippen molar-refractivity contribution in [2.24, 2.45) is 10.6 Å². The largest absolute Gasteiger partial charge is 0.461 e. The fraction of sp³-hybridized carbons (Fsp3) is 0.417. The molecule has 0 saturated carbocycles. The number of nitrogens with zero attached hydrogens (tertiary/aromatic N) is 4. The van der Waals surface area contributed by atoms with Gasteiger partial charge in [0, 0.05) is 23.9 Å². The maximum absolute atomic E-state index is 13.0. The monoisotopic (exact) mass is 576 g/mol. The predicted molar refractivity (Wildman–Crippen MR) is 140 cm³/mol. The molecule has 214 valence electrons. The van der Waals surface area contributed by atoms with E-state index in [0.29, 0.717) is 5.56 Å². The number of ether oxygens (including phenoxy) is 1. The molecule has 2 atom stereocenters. The standard InChI is InChI=1S/C24H28N6O9S/c1-24(2,3)22(34)39-29-16(9-10-17(31)38-11-13-5-7-14(8-6-13)30(35)36)19(21(29)33)27-20(32)18(28-37-4)15-12-40-23(25)26-15/h5-8,12,16,19H,9-11H2,1-4H3,(H2,25,26)(H,27,32). The second-order valence-electron chi connectivity index (χ2n) is 9.63. The van der Waals surface area contributed by atoms with Gasteiger partial charge in [0.2, 0.25) is 0 Å². The first-order chi connectivity index (χ1) is 18.8. The lowest BCUT2D eigenvalue weighted by Gasteiger charge is -2.45. The van der Waals surface area contributed by atoms with Crippen LogP contribution in [0.15, 0.2) is 34.8 Å². The molecule has 16 heteroatoms. The minimum absolute atomic E-state index is 0.0202. The number of nitro benzene ring substituents is 1. The summed E-state index contributed by atoms with van der Waals surface area (Å²) in [5.74, 6) is -2.82. The molecular formula is C24H28N6O9S. The summed E-state index contributed by atoms with van der Waals surface area (Å²) in [7, 11) is 1.23. The molecular weight excluding hydrogens is 548 g/mol. The van der Waals surface area contributed by atoms with Crippen molar-refractivity contribution >= 4 is 51.6 Å². The number of hydrogen-bond acceptors (Lipinski definition) is 13. The predicted octanol–water partition coefficient (Wildman–Crippen LogP) is 1.71. The zero-order chi connectivity index (χ0) is 29.6. The number of oxime groups is 1. The van der Waals surface area contributed by atoms with Crippen molar-refractivity contribution in [2.45, 2.75) is 52.3 Å². The number of thiazole rings is 1. The normalized spacial score (nSPS) is 17.1. The number of rotatable bonds is 11. The van der Waals surface area contributed by atoms with E-state index in [-0.39, 0.29) is 41.7 Å². The summed E-state index contributed by atoms with van der Waals surface area (Å²) in [5, 5.41) is 19.5. The smallest absolute Gasteiger partial charge is 0.337 e. The summed E-state index contributed by atoms with van der Waals surface area (Å²) >= 11 is 1.08. The Hall–Kier alpha value is -4.60. The Morgan fingerprint density at radius 2 is 1.93 bits per heavy atom. The molecule has 2 heterocycles. The molecule has 1 fully saturated rings. The summed E-state index contributed by atoms with van der Waals surface area (Å²) in [6.07, 6.45) is -0.212. The molecule has 0 spiro atoms. The number of amides is 2. The molecule has 0 bridgehead atoms. The van der Waals surface area contributed by atoms with Crippen LogP contribution in [0.3, 0.4) is 0 Å². The SMILES string of the molecule is CON=C(C(=O)NC1C(=O)N(OC(=O)C(C)(C)C)C1CCC(=O)OCc1ccc([N+](=O)[O-])cc1)c1csc(N)n1. The maximum atomic E-state index is 13.0. The lowest BCUT2D eigenvalue weighted by atomic mass is 9.92. The minimum atomic E-state index is -1.15. The highest BCUT2D eigenvalue weighted by Crippen LogP contribution is 2.28. The highest BCUT2D eigenvalue weighted by molar-refractivity contribution is 7.13. The fourth-order valence-corrected chi connectivity index (χ4v) is 3.96. The number of hydroxylamine groups is 2. The van der Waals surface area contributed by atoms with E-state index >= 15 is 0 Å². The van der Waals surface area contributed by atoms with E-state index < -0.39 is 46.2 Å². The molecule has 1 aliphatic heterocycles. The third-order valence-electron chi connectivity index (χ3n) is 5.60. The zero-order valence-electron chi connectivity index (χ0n) is 22.1. The van der Waals surface area contributed by atoms with Crippen molar-refractivity contribution in [3.63, 3.8) is 0 Å². The van der Waals surface area contributed by atoms with E-state index in [9.17, 15) is 29.3 Å². The van der Waals surface area contributed by atoms with Gasteiger partial charge < -0.3 is 25.5 Å². The molecule has 3 rings (SSSR count). The molecule has 2 unspecified atom stereocenters. The zero-order valence-corrected chi connectivity index (χ0v) is 22.9. The topological polar surface area (TPSA) is 206 Å². The molecule has 1 aromatic carbocycles. The van der Waals surface area contributed by atoms with E-state index in [4.69, 9.17) is 20.1 Å². The number of anilines is 1. The summed E-state index contributed by atoms with van der Waals surface area (Å²) in [5.41, 5.74) is 5.07. The van der Waals surface area contributed by atoms with Gasteiger partial charge in [-0.15, -0.1) is 11.3 Å². The van der Waals surface area contributed by atoms with Crippen molar-refractivity contribution in [1.29, 1.82) is 0 Å². The van der Waals surface area contributed by atoms with Gasteiger partial charge in [0.05, 0.1) is 10.3 Å². The van der Waals surface area contributed by atoms with Crippen LogP contribution in [0.25, 0.3) is 0 Å². The first kappa shape index (κ1) is 29.9. The Morgan fingerprint density at radius 3 is 2.48 bits per heavy atom. The third kappa shape index (κ3) is 7.28. The van der Waals surface area contributed by atoms with Gasteiger partial charge in [-0.05, 0) is 44.9 Å². The molecule has 1 aromatic heterocycles. The number of nitrogens with two attached hydrogens (primary N) is 1. The van der Waals surface area contributed by atoms with Gasteiger partial charge in [0.15, 0.2) is 10.8 Å². The van der Waals surface area contributed by atoms with E-state index in [1.165, 1.54) is 36.8 Å². The fourth-order valence-electron chi connectivity index (χ4n) is 3.42. The highest BCUT2D eigenvalue weighted by Gasteiger charge is 2.52. The Kier molecular flexibility index (Phi) is 9.36. The van der Waals surface area contributed by atoms with Crippen LogP contribution in [0, 0.1) is 15.5 Å².